The summed E-state index contributed by atoms with van der Waals surface area (Å²) >= 11 is 1.31. The van der Waals surface area contributed by atoms with E-state index >= 15 is 0 Å². The summed E-state index contributed by atoms with van der Waals surface area (Å²) in [5.41, 5.74) is 1.97. The van der Waals surface area contributed by atoms with Crippen LogP contribution in [0, 0.1) is 0 Å². The first kappa shape index (κ1) is 20.4. The molecule has 1 unspecified atom stereocenters. The second kappa shape index (κ2) is 9.71. The van der Waals surface area contributed by atoms with E-state index in [9.17, 15) is 9.59 Å². The molecule has 2 heterocycles. The van der Waals surface area contributed by atoms with Gasteiger partial charge >= 0.3 is 5.97 Å². The number of hydrogen-bond acceptors (Lipinski definition) is 6. The summed E-state index contributed by atoms with van der Waals surface area (Å²) in [5.74, 6) is 0.109. The SMILES string of the molecule is CCCOc1ccc(-c2csc(NC(=O)C3CCCO3)c2C(=O)OCC)cc1. The molecule has 28 heavy (non-hydrogen) atoms. The Morgan fingerprint density at radius 1 is 1.25 bits per heavy atom. The Morgan fingerprint density at radius 3 is 2.68 bits per heavy atom. The Hall–Kier alpha value is -2.38. The monoisotopic (exact) mass is 403 g/mol. The molecule has 150 valence electrons. The Labute approximate surface area is 168 Å². The smallest absolute Gasteiger partial charge is 0.341 e. The topological polar surface area (TPSA) is 73.9 Å². The molecule has 0 spiro atoms. The van der Waals surface area contributed by atoms with Crippen LogP contribution in [0.1, 0.15) is 43.5 Å². The number of rotatable bonds is 8. The molecule has 1 N–H and O–H groups in total. The van der Waals surface area contributed by atoms with Crippen LogP contribution in [0.2, 0.25) is 0 Å². The molecule has 0 bridgehead atoms. The maximum atomic E-state index is 12.6. The van der Waals surface area contributed by atoms with Crippen LogP contribution in [0.4, 0.5) is 5.00 Å². The van der Waals surface area contributed by atoms with Gasteiger partial charge in [-0.1, -0.05) is 19.1 Å². The molecule has 1 fully saturated rings. The Balaban J connectivity index is 1.86. The molecular weight excluding hydrogens is 378 g/mol. The van der Waals surface area contributed by atoms with Crippen LogP contribution in [0.25, 0.3) is 11.1 Å². The number of carbonyl (C=O) groups is 2. The van der Waals surface area contributed by atoms with Crippen LogP contribution in [0.3, 0.4) is 0 Å². The number of hydrogen-bond donors (Lipinski definition) is 1. The lowest BCUT2D eigenvalue weighted by Crippen LogP contribution is -2.27. The number of anilines is 1. The minimum absolute atomic E-state index is 0.222. The fraction of sp³-hybridized carbons (Fsp3) is 0.429. The van der Waals surface area contributed by atoms with E-state index in [0.29, 0.717) is 30.2 Å². The van der Waals surface area contributed by atoms with E-state index in [-0.39, 0.29) is 12.5 Å². The van der Waals surface area contributed by atoms with E-state index in [1.165, 1.54) is 11.3 Å². The van der Waals surface area contributed by atoms with Gasteiger partial charge in [0.2, 0.25) is 0 Å². The third kappa shape index (κ3) is 4.72. The summed E-state index contributed by atoms with van der Waals surface area (Å²) in [6, 6.07) is 7.56. The molecule has 1 amide bonds. The zero-order valence-electron chi connectivity index (χ0n) is 16.2. The van der Waals surface area contributed by atoms with Crippen molar-refractivity contribution in [2.24, 2.45) is 0 Å². The van der Waals surface area contributed by atoms with Crippen LogP contribution in [0.15, 0.2) is 29.6 Å². The van der Waals surface area contributed by atoms with E-state index in [0.717, 1.165) is 29.7 Å². The van der Waals surface area contributed by atoms with Crippen molar-refractivity contribution in [2.75, 3.05) is 25.1 Å². The van der Waals surface area contributed by atoms with Crippen molar-refractivity contribution in [3.63, 3.8) is 0 Å². The molecular formula is C21H25NO5S. The molecule has 6 nitrogen and oxygen atoms in total. The third-order valence-corrected chi connectivity index (χ3v) is 5.26. The van der Waals surface area contributed by atoms with Gasteiger partial charge in [-0.3, -0.25) is 4.79 Å². The standard InChI is InChI=1S/C21H25NO5S/c1-3-11-26-15-9-7-14(8-10-15)16-13-28-20(18(16)21(24)25-4-2)22-19(23)17-6-5-12-27-17/h7-10,13,17H,3-6,11-12H2,1-2H3,(H,22,23). The van der Waals surface area contributed by atoms with Gasteiger partial charge in [0.25, 0.3) is 5.91 Å². The van der Waals surface area contributed by atoms with Gasteiger partial charge in [-0.05, 0) is 43.9 Å². The molecule has 0 saturated carbocycles. The lowest BCUT2D eigenvalue weighted by Gasteiger charge is -2.12. The van der Waals surface area contributed by atoms with Crippen LogP contribution in [-0.4, -0.2) is 37.8 Å². The number of benzene rings is 1. The highest BCUT2D eigenvalue weighted by Crippen LogP contribution is 2.37. The van der Waals surface area contributed by atoms with Gasteiger partial charge in [0.05, 0.1) is 13.2 Å². The normalized spacial score (nSPS) is 16.0. The summed E-state index contributed by atoms with van der Waals surface area (Å²) in [7, 11) is 0. The Kier molecular flexibility index (Phi) is 7.06. The summed E-state index contributed by atoms with van der Waals surface area (Å²) in [4.78, 5) is 25.0. The van der Waals surface area contributed by atoms with Gasteiger partial charge < -0.3 is 19.5 Å². The van der Waals surface area contributed by atoms with Gasteiger partial charge in [-0.15, -0.1) is 11.3 Å². The minimum Gasteiger partial charge on any atom is -0.494 e. The van der Waals surface area contributed by atoms with E-state index in [1.807, 2.05) is 29.6 Å². The second-order valence-electron chi connectivity index (χ2n) is 6.44. The van der Waals surface area contributed by atoms with Crippen LogP contribution in [0.5, 0.6) is 5.75 Å². The number of amides is 1. The number of esters is 1. The van der Waals surface area contributed by atoms with Crippen LogP contribution < -0.4 is 10.1 Å². The zero-order valence-corrected chi connectivity index (χ0v) is 17.0. The van der Waals surface area contributed by atoms with Crippen molar-refractivity contribution in [1.82, 2.24) is 0 Å². The number of carbonyl (C=O) groups excluding carboxylic acids is 2. The third-order valence-electron chi connectivity index (χ3n) is 4.37. The first-order valence-electron chi connectivity index (χ1n) is 9.58. The summed E-state index contributed by atoms with van der Waals surface area (Å²) in [6.45, 7) is 5.32. The summed E-state index contributed by atoms with van der Waals surface area (Å²) in [6.07, 6.45) is 2.03. The van der Waals surface area contributed by atoms with E-state index in [1.54, 1.807) is 6.92 Å². The molecule has 1 atom stereocenters. The maximum Gasteiger partial charge on any atom is 0.341 e. The van der Waals surface area contributed by atoms with E-state index in [2.05, 4.69) is 12.2 Å². The highest BCUT2D eigenvalue weighted by molar-refractivity contribution is 7.15. The van der Waals surface area contributed by atoms with Gasteiger partial charge in [0.15, 0.2) is 0 Å². The molecule has 1 aliphatic heterocycles. The van der Waals surface area contributed by atoms with Crippen LogP contribution >= 0.6 is 11.3 Å². The van der Waals surface area contributed by atoms with E-state index in [4.69, 9.17) is 14.2 Å². The zero-order chi connectivity index (χ0) is 19.9. The fourth-order valence-corrected chi connectivity index (χ4v) is 3.96. The van der Waals surface area contributed by atoms with Gasteiger partial charge in [0.1, 0.15) is 22.4 Å². The molecule has 1 aromatic heterocycles. The molecule has 2 aromatic rings. The number of thiophene rings is 1. The summed E-state index contributed by atoms with van der Waals surface area (Å²) in [5, 5.41) is 5.20. The van der Waals surface area contributed by atoms with Crippen molar-refractivity contribution in [2.45, 2.75) is 39.2 Å². The number of ether oxygens (including phenoxy) is 3. The quantitative estimate of drug-likeness (QED) is 0.657. The first-order valence-corrected chi connectivity index (χ1v) is 10.5. The molecule has 1 saturated heterocycles. The molecule has 1 aliphatic rings. The van der Waals surface area contributed by atoms with Gasteiger partial charge in [0, 0.05) is 17.6 Å². The van der Waals surface area contributed by atoms with Gasteiger partial charge in [-0.2, -0.15) is 0 Å². The summed E-state index contributed by atoms with van der Waals surface area (Å²) < 4.78 is 16.3. The van der Waals surface area contributed by atoms with Gasteiger partial charge in [-0.25, -0.2) is 4.79 Å². The van der Waals surface area contributed by atoms with Crippen molar-refractivity contribution in [3.8, 4) is 16.9 Å². The van der Waals surface area contributed by atoms with Crippen LogP contribution in [-0.2, 0) is 14.3 Å². The maximum absolute atomic E-state index is 12.6. The van der Waals surface area contributed by atoms with Crippen molar-refractivity contribution < 1.29 is 23.8 Å². The Morgan fingerprint density at radius 2 is 2.04 bits per heavy atom. The molecule has 0 aliphatic carbocycles. The predicted octanol–water partition coefficient (Wildman–Crippen LogP) is 4.50. The molecule has 1 aromatic carbocycles. The lowest BCUT2D eigenvalue weighted by molar-refractivity contribution is -0.124. The highest BCUT2D eigenvalue weighted by Gasteiger charge is 2.27. The molecule has 7 heteroatoms. The number of nitrogens with one attached hydrogen (secondary N) is 1. The first-order chi connectivity index (χ1) is 13.6. The van der Waals surface area contributed by atoms with Crippen molar-refractivity contribution in [3.05, 3.63) is 35.2 Å². The average molecular weight is 404 g/mol. The Bertz CT molecular complexity index is 809. The highest BCUT2D eigenvalue weighted by atomic mass is 32.1. The van der Waals surface area contributed by atoms with E-state index < -0.39 is 12.1 Å². The molecule has 3 rings (SSSR count). The lowest BCUT2D eigenvalue weighted by atomic mass is 10.0. The predicted molar refractivity (Wildman–Crippen MR) is 109 cm³/mol. The minimum atomic E-state index is -0.462. The second-order valence-corrected chi connectivity index (χ2v) is 7.32. The van der Waals surface area contributed by atoms with Crippen molar-refractivity contribution >= 4 is 28.2 Å². The van der Waals surface area contributed by atoms with Crippen molar-refractivity contribution in [1.29, 1.82) is 0 Å². The largest absolute Gasteiger partial charge is 0.494 e. The average Bonchev–Trinajstić information content (AvgIpc) is 3.37. The fourth-order valence-electron chi connectivity index (χ4n) is 3.00. The molecule has 0 radical (unpaired) electrons.